The Morgan fingerprint density at radius 1 is 1.40 bits per heavy atom. The Morgan fingerprint density at radius 2 is 2.27 bits per heavy atom. The van der Waals surface area contributed by atoms with Crippen molar-refractivity contribution in [1.29, 1.82) is 0 Å². The van der Waals surface area contributed by atoms with E-state index in [4.69, 9.17) is 15.2 Å². The third-order valence-electron chi connectivity index (χ3n) is 2.85. The molecule has 1 rings (SSSR count). The van der Waals surface area contributed by atoms with E-state index in [2.05, 4.69) is 4.90 Å². The van der Waals surface area contributed by atoms with Crippen LogP contribution in [0.2, 0.25) is 0 Å². The van der Waals surface area contributed by atoms with E-state index in [1.54, 1.807) is 7.11 Å². The van der Waals surface area contributed by atoms with Gasteiger partial charge in [-0.05, 0) is 19.3 Å². The maximum Gasteiger partial charge on any atom is 0.0589 e. The molecule has 90 valence electrons. The van der Waals surface area contributed by atoms with Crippen LogP contribution in [0.4, 0.5) is 0 Å². The summed E-state index contributed by atoms with van der Waals surface area (Å²) in [6.45, 7) is 5.45. The molecule has 0 aromatic rings. The summed E-state index contributed by atoms with van der Waals surface area (Å²) in [5.74, 6) is 0. The number of ether oxygens (including phenoxy) is 2. The summed E-state index contributed by atoms with van der Waals surface area (Å²) in [7, 11) is 1.74. The van der Waals surface area contributed by atoms with E-state index in [1.165, 1.54) is 12.8 Å². The van der Waals surface area contributed by atoms with Gasteiger partial charge in [0, 0.05) is 39.9 Å². The van der Waals surface area contributed by atoms with E-state index in [-0.39, 0.29) is 0 Å². The number of rotatable bonds is 8. The first-order valence-corrected chi connectivity index (χ1v) is 5.89. The largest absolute Gasteiger partial charge is 0.383 e. The van der Waals surface area contributed by atoms with Gasteiger partial charge in [0.1, 0.15) is 0 Å². The Hall–Kier alpha value is -0.160. The van der Waals surface area contributed by atoms with Gasteiger partial charge in [0.15, 0.2) is 0 Å². The topological polar surface area (TPSA) is 47.7 Å². The highest BCUT2D eigenvalue weighted by molar-refractivity contribution is 4.68. The van der Waals surface area contributed by atoms with Crippen LogP contribution in [0.5, 0.6) is 0 Å². The molecule has 1 fully saturated rings. The van der Waals surface area contributed by atoms with Crippen molar-refractivity contribution in [3.8, 4) is 0 Å². The molecule has 1 aliphatic heterocycles. The number of hydrogen-bond donors (Lipinski definition) is 1. The maximum absolute atomic E-state index is 5.60. The molecule has 15 heavy (non-hydrogen) atoms. The summed E-state index contributed by atoms with van der Waals surface area (Å²) in [6.07, 6.45) is 4.05. The molecule has 0 aromatic heterocycles. The van der Waals surface area contributed by atoms with Gasteiger partial charge in [-0.15, -0.1) is 0 Å². The molecule has 0 amide bonds. The minimum atomic E-state index is 0.479. The van der Waals surface area contributed by atoms with Crippen LogP contribution in [0.1, 0.15) is 19.3 Å². The SMILES string of the molecule is COCCN(CCN)CCC1CCCO1. The third kappa shape index (κ3) is 5.47. The van der Waals surface area contributed by atoms with Crippen molar-refractivity contribution < 1.29 is 9.47 Å². The molecule has 1 heterocycles. The summed E-state index contributed by atoms with van der Waals surface area (Å²) in [6, 6.07) is 0. The molecule has 0 saturated carbocycles. The minimum absolute atomic E-state index is 0.479. The molecule has 0 bridgehead atoms. The molecule has 1 aliphatic rings. The van der Waals surface area contributed by atoms with Crippen molar-refractivity contribution >= 4 is 0 Å². The fourth-order valence-corrected chi connectivity index (χ4v) is 1.94. The van der Waals surface area contributed by atoms with Gasteiger partial charge in [-0.25, -0.2) is 0 Å². The van der Waals surface area contributed by atoms with Crippen LogP contribution in [0, 0.1) is 0 Å². The Morgan fingerprint density at radius 3 is 2.87 bits per heavy atom. The Kier molecular flexibility index (Phi) is 6.92. The average molecular weight is 216 g/mol. The molecule has 1 saturated heterocycles. The van der Waals surface area contributed by atoms with Crippen molar-refractivity contribution in [3.63, 3.8) is 0 Å². The van der Waals surface area contributed by atoms with E-state index in [1.807, 2.05) is 0 Å². The van der Waals surface area contributed by atoms with Gasteiger partial charge < -0.3 is 15.2 Å². The summed E-state index contributed by atoms with van der Waals surface area (Å²) in [4.78, 5) is 2.35. The van der Waals surface area contributed by atoms with Gasteiger partial charge in [0.2, 0.25) is 0 Å². The minimum Gasteiger partial charge on any atom is -0.383 e. The molecule has 0 aliphatic carbocycles. The van der Waals surface area contributed by atoms with Crippen LogP contribution in [0.25, 0.3) is 0 Å². The average Bonchev–Trinajstić information content (AvgIpc) is 2.75. The highest BCUT2D eigenvalue weighted by atomic mass is 16.5. The second-order valence-corrected chi connectivity index (χ2v) is 4.05. The zero-order valence-corrected chi connectivity index (χ0v) is 9.78. The van der Waals surface area contributed by atoms with Crippen molar-refractivity contribution in [2.24, 2.45) is 5.73 Å². The zero-order chi connectivity index (χ0) is 10.9. The van der Waals surface area contributed by atoms with Crippen LogP contribution in [-0.4, -0.2) is 57.5 Å². The lowest BCUT2D eigenvalue weighted by molar-refractivity contribution is 0.0857. The van der Waals surface area contributed by atoms with Gasteiger partial charge in [0.25, 0.3) is 0 Å². The van der Waals surface area contributed by atoms with Crippen LogP contribution in [0.3, 0.4) is 0 Å². The molecule has 0 radical (unpaired) electrons. The van der Waals surface area contributed by atoms with Crippen molar-refractivity contribution in [3.05, 3.63) is 0 Å². The first-order valence-electron chi connectivity index (χ1n) is 5.89. The molecule has 4 heteroatoms. The molecule has 2 N–H and O–H groups in total. The van der Waals surface area contributed by atoms with E-state index < -0.39 is 0 Å². The van der Waals surface area contributed by atoms with Gasteiger partial charge in [-0.3, -0.25) is 4.90 Å². The predicted octanol–water partition coefficient (Wildman–Crippen LogP) is 0.463. The Bertz CT molecular complexity index is 150. The summed E-state index contributed by atoms with van der Waals surface area (Å²) >= 11 is 0. The lowest BCUT2D eigenvalue weighted by Crippen LogP contribution is -2.34. The highest BCUT2D eigenvalue weighted by Crippen LogP contribution is 2.15. The van der Waals surface area contributed by atoms with Crippen LogP contribution in [0.15, 0.2) is 0 Å². The fourth-order valence-electron chi connectivity index (χ4n) is 1.94. The lowest BCUT2D eigenvalue weighted by atomic mass is 10.2. The predicted molar refractivity (Wildman–Crippen MR) is 61.0 cm³/mol. The third-order valence-corrected chi connectivity index (χ3v) is 2.85. The first kappa shape index (κ1) is 12.9. The number of nitrogens with zero attached hydrogens (tertiary/aromatic N) is 1. The highest BCUT2D eigenvalue weighted by Gasteiger charge is 2.16. The molecular weight excluding hydrogens is 192 g/mol. The maximum atomic E-state index is 5.60. The quantitative estimate of drug-likeness (QED) is 0.640. The molecule has 0 spiro atoms. The Balaban J connectivity index is 2.11. The standard InChI is InChI=1S/C11H24N2O2/c1-14-10-8-13(7-5-12)6-4-11-3-2-9-15-11/h11H,2-10,12H2,1H3. The number of methoxy groups -OCH3 is 1. The smallest absolute Gasteiger partial charge is 0.0589 e. The molecule has 0 aromatic carbocycles. The van der Waals surface area contributed by atoms with Gasteiger partial charge in [0.05, 0.1) is 12.7 Å². The second kappa shape index (κ2) is 8.05. The molecular formula is C11H24N2O2. The van der Waals surface area contributed by atoms with Crippen molar-refractivity contribution in [2.75, 3.05) is 46.5 Å². The Labute approximate surface area is 92.7 Å². The zero-order valence-electron chi connectivity index (χ0n) is 9.78. The first-order chi connectivity index (χ1) is 7.36. The fraction of sp³-hybridized carbons (Fsp3) is 1.00. The second-order valence-electron chi connectivity index (χ2n) is 4.05. The summed E-state index contributed by atoms with van der Waals surface area (Å²) < 4.78 is 10.7. The van der Waals surface area contributed by atoms with Gasteiger partial charge >= 0.3 is 0 Å². The van der Waals surface area contributed by atoms with Crippen LogP contribution < -0.4 is 5.73 Å². The normalized spacial score (nSPS) is 21.4. The van der Waals surface area contributed by atoms with Crippen LogP contribution in [-0.2, 0) is 9.47 Å². The van der Waals surface area contributed by atoms with E-state index in [0.29, 0.717) is 6.10 Å². The van der Waals surface area contributed by atoms with Crippen LogP contribution >= 0.6 is 0 Å². The molecule has 4 nitrogen and oxygen atoms in total. The molecule has 1 atom stereocenters. The van der Waals surface area contributed by atoms with E-state index in [9.17, 15) is 0 Å². The van der Waals surface area contributed by atoms with Crippen molar-refractivity contribution in [2.45, 2.75) is 25.4 Å². The number of nitrogens with two attached hydrogens (primary N) is 1. The van der Waals surface area contributed by atoms with Gasteiger partial charge in [-0.1, -0.05) is 0 Å². The number of hydrogen-bond acceptors (Lipinski definition) is 4. The monoisotopic (exact) mass is 216 g/mol. The van der Waals surface area contributed by atoms with E-state index in [0.717, 1.165) is 45.8 Å². The van der Waals surface area contributed by atoms with E-state index >= 15 is 0 Å². The summed E-state index contributed by atoms with van der Waals surface area (Å²) in [5.41, 5.74) is 5.57. The lowest BCUT2D eigenvalue weighted by Gasteiger charge is -2.22. The van der Waals surface area contributed by atoms with Gasteiger partial charge in [-0.2, -0.15) is 0 Å². The summed E-state index contributed by atoms with van der Waals surface area (Å²) in [5, 5.41) is 0. The van der Waals surface area contributed by atoms with Crippen molar-refractivity contribution in [1.82, 2.24) is 4.90 Å². The molecule has 1 unspecified atom stereocenters.